The number of hydrogen-bond acceptors (Lipinski definition) is 5. The molecule has 0 aliphatic carbocycles. The van der Waals surface area contributed by atoms with Gasteiger partial charge in [-0.25, -0.2) is 4.79 Å². The number of carbonyl (C=O) groups excluding carboxylic acids is 1. The van der Waals surface area contributed by atoms with E-state index in [1.807, 2.05) is 24.3 Å². The third-order valence-electron chi connectivity index (χ3n) is 3.29. The minimum atomic E-state index is -0.790. The molecule has 0 aliphatic rings. The summed E-state index contributed by atoms with van der Waals surface area (Å²) in [4.78, 5) is 11.8. The molecule has 0 N–H and O–H groups in total. The number of rotatable bonds is 4. The van der Waals surface area contributed by atoms with Crippen LogP contribution in [0.5, 0.6) is 5.75 Å². The molecule has 0 aromatic heterocycles. The maximum absolute atomic E-state index is 11.8. The largest absolute Gasteiger partial charge is 0.497 e. The summed E-state index contributed by atoms with van der Waals surface area (Å²) in [6.07, 6.45) is 0. The number of nitriles is 2. The Morgan fingerprint density at radius 3 is 2.39 bits per heavy atom. The van der Waals surface area contributed by atoms with Gasteiger partial charge in [0.25, 0.3) is 0 Å². The second-order valence-corrected chi connectivity index (χ2v) is 4.62. The Bertz CT molecular complexity index is 870. The monoisotopic (exact) mass is 306 g/mol. The molecule has 0 fully saturated rings. The maximum Gasteiger partial charge on any atom is 0.350 e. The Kier molecular flexibility index (Phi) is 4.96. The second kappa shape index (κ2) is 7.11. The first-order valence-corrected chi connectivity index (χ1v) is 6.94. The Labute approximate surface area is 134 Å². The molecule has 0 amide bonds. The molecule has 0 radical (unpaired) electrons. The molecule has 2 aromatic carbocycles. The lowest BCUT2D eigenvalue weighted by atomic mass is 9.98. The van der Waals surface area contributed by atoms with E-state index in [9.17, 15) is 15.3 Å². The van der Waals surface area contributed by atoms with E-state index >= 15 is 0 Å². The zero-order chi connectivity index (χ0) is 16.8. The Balaban J connectivity index is 2.58. The van der Waals surface area contributed by atoms with E-state index in [1.54, 1.807) is 38.3 Å². The Morgan fingerprint density at radius 2 is 1.78 bits per heavy atom. The molecule has 0 spiro atoms. The van der Waals surface area contributed by atoms with Crippen molar-refractivity contribution >= 4 is 22.3 Å². The number of benzene rings is 2. The van der Waals surface area contributed by atoms with Gasteiger partial charge in [0, 0.05) is 0 Å². The molecule has 0 heterocycles. The van der Waals surface area contributed by atoms with Gasteiger partial charge in [-0.1, -0.05) is 18.2 Å². The normalized spacial score (nSPS) is 11.1. The van der Waals surface area contributed by atoms with E-state index in [1.165, 1.54) is 0 Å². The molecule has 2 aromatic rings. The van der Waals surface area contributed by atoms with Crippen molar-refractivity contribution < 1.29 is 14.3 Å². The predicted molar refractivity (Wildman–Crippen MR) is 85.3 cm³/mol. The fourth-order valence-electron chi connectivity index (χ4n) is 2.18. The molecule has 5 nitrogen and oxygen atoms in total. The summed E-state index contributed by atoms with van der Waals surface area (Å²) in [5.41, 5.74) is 0.209. The van der Waals surface area contributed by atoms with E-state index in [0.717, 1.165) is 16.5 Å². The first-order chi connectivity index (χ1) is 11.1. The number of nitrogens with zero attached hydrogens (tertiary/aromatic N) is 2. The van der Waals surface area contributed by atoms with Crippen molar-refractivity contribution in [3.63, 3.8) is 0 Å². The second-order valence-electron chi connectivity index (χ2n) is 4.62. The SMILES string of the molecule is CCOC(=O)/C(C#N)=C(/C#N)c1ccc2cc(OC)ccc2c1. The van der Waals surface area contributed by atoms with E-state index in [2.05, 4.69) is 0 Å². The summed E-state index contributed by atoms with van der Waals surface area (Å²) in [5.74, 6) is -0.0630. The van der Waals surface area contributed by atoms with Gasteiger partial charge in [0.15, 0.2) is 5.57 Å². The highest BCUT2D eigenvalue weighted by molar-refractivity contribution is 6.05. The molecule has 23 heavy (non-hydrogen) atoms. The van der Waals surface area contributed by atoms with Crippen LogP contribution in [0, 0.1) is 22.7 Å². The van der Waals surface area contributed by atoms with Crippen molar-refractivity contribution in [1.82, 2.24) is 0 Å². The van der Waals surface area contributed by atoms with Crippen LogP contribution in [0.4, 0.5) is 0 Å². The standard InChI is InChI=1S/C18H14N2O3/c1-3-23-18(21)17(11-20)16(10-19)14-5-4-13-9-15(22-2)7-6-12(13)8-14/h4-9H,3H2,1-2H3/b17-16-. The van der Waals surface area contributed by atoms with Crippen LogP contribution in [0.1, 0.15) is 12.5 Å². The van der Waals surface area contributed by atoms with Crippen LogP contribution < -0.4 is 4.74 Å². The van der Waals surface area contributed by atoms with Crippen LogP contribution in [0.25, 0.3) is 16.3 Å². The topological polar surface area (TPSA) is 83.1 Å². The van der Waals surface area contributed by atoms with Gasteiger partial charge in [-0.3, -0.25) is 0 Å². The average Bonchev–Trinajstić information content (AvgIpc) is 2.58. The fraction of sp³-hybridized carbons (Fsp3) is 0.167. The molecule has 0 aliphatic heterocycles. The van der Waals surface area contributed by atoms with E-state index in [0.29, 0.717) is 5.56 Å². The smallest absolute Gasteiger partial charge is 0.350 e. The first-order valence-electron chi connectivity index (χ1n) is 6.94. The predicted octanol–water partition coefficient (Wildman–Crippen LogP) is 3.21. The van der Waals surface area contributed by atoms with Crippen LogP contribution in [-0.2, 0) is 9.53 Å². The van der Waals surface area contributed by atoms with Crippen LogP contribution in [0.15, 0.2) is 42.0 Å². The van der Waals surface area contributed by atoms with Gasteiger partial charge < -0.3 is 9.47 Å². The van der Waals surface area contributed by atoms with Gasteiger partial charge in [0.2, 0.25) is 0 Å². The van der Waals surface area contributed by atoms with Gasteiger partial charge in [0.1, 0.15) is 17.9 Å². The summed E-state index contributed by atoms with van der Waals surface area (Å²) in [6, 6.07) is 14.5. The lowest BCUT2D eigenvalue weighted by Crippen LogP contribution is -2.08. The third-order valence-corrected chi connectivity index (χ3v) is 3.29. The molecule has 0 saturated carbocycles. The van der Waals surface area contributed by atoms with E-state index in [4.69, 9.17) is 9.47 Å². The molecular formula is C18H14N2O3. The number of allylic oxidation sites excluding steroid dienone is 1. The highest BCUT2D eigenvalue weighted by Crippen LogP contribution is 2.26. The zero-order valence-corrected chi connectivity index (χ0v) is 12.8. The summed E-state index contributed by atoms with van der Waals surface area (Å²) in [7, 11) is 1.59. The molecular weight excluding hydrogens is 292 g/mol. The molecule has 0 bridgehead atoms. The van der Waals surface area contributed by atoms with Crippen LogP contribution in [0.3, 0.4) is 0 Å². The summed E-state index contributed by atoms with van der Waals surface area (Å²) < 4.78 is 10.00. The van der Waals surface area contributed by atoms with Gasteiger partial charge in [-0.2, -0.15) is 10.5 Å². The van der Waals surface area contributed by atoms with Crippen molar-refractivity contribution in [3.8, 4) is 17.9 Å². The minimum Gasteiger partial charge on any atom is -0.497 e. The van der Waals surface area contributed by atoms with Crippen molar-refractivity contribution in [2.24, 2.45) is 0 Å². The summed E-state index contributed by atoms with van der Waals surface area (Å²) in [5, 5.41) is 20.4. The van der Waals surface area contributed by atoms with Crippen LogP contribution >= 0.6 is 0 Å². The van der Waals surface area contributed by atoms with Crippen LogP contribution in [-0.4, -0.2) is 19.7 Å². The van der Waals surface area contributed by atoms with Gasteiger partial charge in [-0.15, -0.1) is 0 Å². The molecule has 0 atom stereocenters. The number of methoxy groups -OCH3 is 1. The number of esters is 1. The Morgan fingerprint density at radius 1 is 1.09 bits per heavy atom. The first kappa shape index (κ1) is 16.1. The fourth-order valence-corrected chi connectivity index (χ4v) is 2.18. The number of ether oxygens (including phenoxy) is 2. The van der Waals surface area contributed by atoms with E-state index < -0.39 is 5.97 Å². The highest BCUT2D eigenvalue weighted by Gasteiger charge is 2.18. The molecule has 0 saturated heterocycles. The van der Waals surface area contributed by atoms with E-state index in [-0.39, 0.29) is 17.8 Å². The molecule has 2 rings (SSSR count). The van der Waals surface area contributed by atoms with Crippen LogP contribution in [0.2, 0.25) is 0 Å². The van der Waals surface area contributed by atoms with Crippen molar-refractivity contribution in [3.05, 3.63) is 47.5 Å². The van der Waals surface area contributed by atoms with Gasteiger partial charge in [0.05, 0.1) is 19.3 Å². The number of hydrogen-bond donors (Lipinski definition) is 0. The minimum absolute atomic E-state index is 0.00340. The zero-order valence-electron chi connectivity index (χ0n) is 12.8. The maximum atomic E-state index is 11.8. The summed E-state index contributed by atoms with van der Waals surface area (Å²) >= 11 is 0. The van der Waals surface area contributed by atoms with Crippen molar-refractivity contribution in [2.45, 2.75) is 6.92 Å². The quantitative estimate of drug-likeness (QED) is 0.492. The number of carbonyl (C=O) groups is 1. The average molecular weight is 306 g/mol. The Hall–Kier alpha value is -3.31. The molecule has 5 heteroatoms. The molecule has 0 unspecified atom stereocenters. The summed E-state index contributed by atoms with van der Waals surface area (Å²) in [6.45, 7) is 1.78. The lowest BCUT2D eigenvalue weighted by Gasteiger charge is -2.07. The lowest BCUT2D eigenvalue weighted by molar-refractivity contribution is -0.137. The highest BCUT2D eigenvalue weighted by atomic mass is 16.5. The number of fused-ring (bicyclic) bond motifs is 1. The van der Waals surface area contributed by atoms with Crippen molar-refractivity contribution in [1.29, 1.82) is 10.5 Å². The third kappa shape index (κ3) is 3.30. The van der Waals surface area contributed by atoms with Crippen molar-refractivity contribution in [2.75, 3.05) is 13.7 Å². The van der Waals surface area contributed by atoms with Gasteiger partial charge >= 0.3 is 5.97 Å². The molecule has 114 valence electrons. The van der Waals surface area contributed by atoms with Gasteiger partial charge in [-0.05, 0) is 41.5 Å².